The fourth-order valence-corrected chi connectivity index (χ4v) is 2.82. The molecule has 0 saturated heterocycles. The summed E-state index contributed by atoms with van der Waals surface area (Å²) in [5.74, 6) is 1.69. The van der Waals surface area contributed by atoms with Crippen molar-refractivity contribution in [1.82, 2.24) is 5.32 Å². The second kappa shape index (κ2) is 8.25. The van der Waals surface area contributed by atoms with Crippen LogP contribution in [0.5, 0.6) is 5.75 Å². The number of benzene rings is 2. The van der Waals surface area contributed by atoms with Crippen molar-refractivity contribution in [2.75, 3.05) is 0 Å². The van der Waals surface area contributed by atoms with Crippen molar-refractivity contribution in [2.24, 2.45) is 0 Å². The van der Waals surface area contributed by atoms with E-state index in [0.717, 1.165) is 29.2 Å². The highest BCUT2D eigenvalue weighted by molar-refractivity contribution is 6.35. The third kappa shape index (κ3) is 4.54. The van der Waals surface area contributed by atoms with Crippen LogP contribution >= 0.6 is 23.2 Å². The van der Waals surface area contributed by atoms with E-state index in [9.17, 15) is 0 Å². The van der Waals surface area contributed by atoms with Crippen LogP contribution in [-0.4, -0.2) is 0 Å². The van der Waals surface area contributed by atoms with Crippen molar-refractivity contribution in [3.05, 3.63) is 87.8 Å². The zero-order valence-electron chi connectivity index (χ0n) is 13.0. The molecule has 0 amide bonds. The highest BCUT2D eigenvalue weighted by atomic mass is 35.5. The fraction of sp³-hybridized carbons (Fsp3) is 0.158. The van der Waals surface area contributed by atoms with E-state index in [1.807, 2.05) is 42.5 Å². The van der Waals surface area contributed by atoms with Gasteiger partial charge in [-0.3, -0.25) is 0 Å². The number of ether oxygens (including phenoxy) is 1. The minimum absolute atomic E-state index is 0.335. The molecule has 3 nitrogen and oxygen atoms in total. The van der Waals surface area contributed by atoms with Crippen molar-refractivity contribution in [3.63, 3.8) is 0 Å². The van der Waals surface area contributed by atoms with E-state index in [4.69, 9.17) is 32.4 Å². The molecule has 0 aliphatic rings. The topological polar surface area (TPSA) is 34.4 Å². The van der Waals surface area contributed by atoms with E-state index in [1.165, 1.54) is 0 Å². The van der Waals surface area contributed by atoms with Crippen LogP contribution in [-0.2, 0) is 19.7 Å². The summed E-state index contributed by atoms with van der Waals surface area (Å²) in [6.45, 7) is 1.75. The van der Waals surface area contributed by atoms with E-state index in [-0.39, 0.29) is 0 Å². The molecule has 1 heterocycles. The number of furan rings is 1. The fourth-order valence-electron chi connectivity index (χ4n) is 2.31. The highest BCUT2D eigenvalue weighted by Crippen LogP contribution is 2.26. The van der Waals surface area contributed by atoms with Crippen molar-refractivity contribution in [3.8, 4) is 5.75 Å². The molecule has 5 heteroatoms. The van der Waals surface area contributed by atoms with Gasteiger partial charge in [0.05, 0.1) is 12.8 Å². The smallest absolute Gasteiger partial charge is 0.120 e. The van der Waals surface area contributed by atoms with Gasteiger partial charge < -0.3 is 14.5 Å². The third-order valence-electron chi connectivity index (χ3n) is 3.55. The van der Waals surface area contributed by atoms with Crippen LogP contribution in [0.2, 0.25) is 10.0 Å². The maximum atomic E-state index is 6.16. The Morgan fingerprint density at radius 2 is 1.71 bits per heavy atom. The summed E-state index contributed by atoms with van der Waals surface area (Å²) in [6, 6.07) is 17.2. The molecule has 1 N–H and O–H groups in total. The summed E-state index contributed by atoms with van der Waals surface area (Å²) in [5, 5.41) is 4.55. The van der Waals surface area contributed by atoms with Gasteiger partial charge in [0, 0.05) is 22.2 Å². The third-order valence-corrected chi connectivity index (χ3v) is 4.26. The van der Waals surface area contributed by atoms with E-state index < -0.39 is 0 Å². The molecule has 0 bridgehead atoms. The largest absolute Gasteiger partial charge is 0.489 e. The monoisotopic (exact) mass is 361 g/mol. The summed E-state index contributed by atoms with van der Waals surface area (Å²) in [5.41, 5.74) is 1.92. The number of rotatable bonds is 7. The van der Waals surface area contributed by atoms with Crippen LogP contribution in [0.1, 0.15) is 16.9 Å². The molecule has 1 aromatic heterocycles. The Bertz CT molecular complexity index is 768. The minimum atomic E-state index is 0.335. The Morgan fingerprint density at radius 3 is 2.46 bits per heavy atom. The van der Waals surface area contributed by atoms with Crippen LogP contribution in [0.15, 0.2) is 65.3 Å². The predicted octanol–water partition coefficient (Wildman–Crippen LogP) is 5.46. The summed E-state index contributed by atoms with van der Waals surface area (Å²) in [7, 11) is 0. The maximum Gasteiger partial charge on any atom is 0.120 e. The lowest BCUT2D eigenvalue weighted by molar-refractivity contribution is 0.306. The second-order valence-corrected chi connectivity index (χ2v) is 6.13. The molecule has 0 spiro atoms. The van der Waals surface area contributed by atoms with Gasteiger partial charge >= 0.3 is 0 Å². The van der Waals surface area contributed by atoms with E-state index in [2.05, 4.69) is 5.32 Å². The van der Waals surface area contributed by atoms with Gasteiger partial charge in [-0.25, -0.2) is 0 Å². The highest BCUT2D eigenvalue weighted by Gasteiger charge is 2.06. The average Bonchev–Trinajstić information content (AvgIpc) is 3.08. The van der Waals surface area contributed by atoms with Gasteiger partial charge in [-0.1, -0.05) is 41.4 Å². The molecular weight excluding hydrogens is 345 g/mol. The quantitative estimate of drug-likeness (QED) is 0.606. The molecule has 0 unspecified atom stereocenters. The van der Waals surface area contributed by atoms with Crippen LogP contribution in [0.25, 0.3) is 0 Å². The van der Waals surface area contributed by atoms with Crippen molar-refractivity contribution < 1.29 is 9.15 Å². The van der Waals surface area contributed by atoms with Crippen LogP contribution in [0, 0.1) is 0 Å². The Morgan fingerprint density at radius 1 is 0.917 bits per heavy atom. The summed E-state index contributed by atoms with van der Waals surface area (Å²) >= 11 is 12.3. The van der Waals surface area contributed by atoms with Gasteiger partial charge in [0.1, 0.15) is 18.1 Å². The van der Waals surface area contributed by atoms with Crippen molar-refractivity contribution >= 4 is 23.2 Å². The van der Waals surface area contributed by atoms with Gasteiger partial charge in [-0.05, 0) is 42.0 Å². The predicted molar refractivity (Wildman–Crippen MR) is 96.5 cm³/mol. The minimum Gasteiger partial charge on any atom is -0.489 e. The van der Waals surface area contributed by atoms with Gasteiger partial charge in [0.25, 0.3) is 0 Å². The molecule has 0 saturated carbocycles. The van der Waals surface area contributed by atoms with Crippen LogP contribution in [0.4, 0.5) is 0 Å². The molecule has 0 aliphatic heterocycles. The first-order valence-corrected chi connectivity index (χ1v) is 8.36. The van der Waals surface area contributed by atoms with E-state index in [1.54, 1.807) is 18.4 Å². The normalized spacial score (nSPS) is 10.8. The molecular formula is C19H17Cl2NO2. The standard InChI is InChI=1S/C19H17Cl2NO2/c20-18-7-2-8-19(21)17(18)13-24-15-5-1-4-14(10-15)11-22-12-16-6-3-9-23-16/h1-10,22H,11-13H2. The molecule has 3 aromatic rings. The number of hydrogen-bond acceptors (Lipinski definition) is 3. The summed E-state index contributed by atoms with van der Waals surface area (Å²) in [4.78, 5) is 0. The molecule has 0 atom stereocenters. The van der Waals surface area contributed by atoms with E-state index >= 15 is 0 Å². The molecule has 0 radical (unpaired) electrons. The molecule has 24 heavy (non-hydrogen) atoms. The van der Waals surface area contributed by atoms with Crippen LogP contribution < -0.4 is 10.1 Å². The maximum absolute atomic E-state index is 6.16. The molecule has 3 rings (SSSR count). The first-order valence-electron chi connectivity index (χ1n) is 7.60. The van der Waals surface area contributed by atoms with Crippen LogP contribution in [0.3, 0.4) is 0 Å². The lowest BCUT2D eigenvalue weighted by atomic mass is 10.2. The van der Waals surface area contributed by atoms with E-state index in [0.29, 0.717) is 23.2 Å². The molecule has 2 aromatic carbocycles. The Labute approximate surface area is 151 Å². The molecule has 124 valence electrons. The van der Waals surface area contributed by atoms with Gasteiger partial charge in [0.15, 0.2) is 0 Å². The van der Waals surface area contributed by atoms with Gasteiger partial charge in [-0.2, -0.15) is 0 Å². The lowest BCUT2D eigenvalue weighted by Gasteiger charge is -2.11. The molecule has 0 fully saturated rings. The second-order valence-electron chi connectivity index (χ2n) is 5.32. The zero-order chi connectivity index (χ0) is 16.8. The molecule has 0 aliphatic carbocycles. The number of halogens is 2. The Hall–Kier alpha value is -1.94. The lowest BCUT2D eigenvalue weighted by Crippen LogP contribution is -2.12. The Kier molecular flexibility index (Phi) is 5.81. The number of hydrogen-bond donors (Lipinski definition) is 1. The zero-order valence-corrected chi connectivity index (χ0v) is 14.5. The first-order chi connectivity index (χ1) is 11.7. The summed E-state index contributed by atoms with van der Waals surface area (Å²) < 4.78 is 11.1. The van der Waals surface area contributed by atoms with Crippen molar-refractivity contribution in [2.45, 2.75) is 19.7 Å². The van der Waals surface area contributed by atoms with Gasteiger partial charge in [0.2, 0.25) is 0 Å². The SMILES string of the molecule is Clc1cccc(Cl)c1COc1cccc(CNCc2ccco2)c1. The van der Waals surface area contributed by atoms with Crippen molar-refractivity contribution in [1.29, 1.82) is 0 Å². The first kappa shape index (κ1) is 16.9. The Balaban J connectivity index is 1.57. The average molecular weight is 362 g/mol. The summed E-state index contributed by atoms with van der Waals surface area (Å²) in [6.07, 6.45) is 1.67. The van der Waals surface area contributed by atoms with Gasteiger partial charge in [-0.15, -0.1) is 0 Å². The number of nitrogens with one attached hydrogen (secondary N) is 1.